The van der Waals surface area contributed by atoms with E-state index in [4.69, 9.17) is 17.0 Å². The maximum Gasteiger partial charge on any atom is 0.272 e. The highest BCUT2D eigenvalue weighted by atomic mass is 32.1. The van der Waals surface area contributed by atoms with Crippen LogP contribution in [0, 0.1) is 4.77 Å². The lowest BCUT2D eigenvalue weighted by atomic mass is 10.3. The van der Waals surface area contributed by atoms with Crippen LogP contribution in [0.4, 0.5) is 0 Å². The van der Waals surface area contributed by atoms with Crippen LogP contribution in [-0.2, 0) is 11.3 Å². The van der Waals surface area contributed by atoms with E-state index in [9.17, 15) is 4.79 Å². The molecule has 0 amide bonds. The lowest BCUT2D eigenvalue weighted by molar-refractivity contribution is 0.0754. The van der Waals surface area contributed by atoms with E-state index in [0.29, 0.717) is 11.3 Å². The zero-order valence-corrected chi connectivity index (χ0v) is 12.8. The molecule has 0 bridgehead atoms. The molecule has 2 rings (SSSR count). The van der Waals surface area contributed by atoms with Crippen LogP contribution < -0.4 is 5.56 Å². The Bertz CT molecular complexity index is 654. The summed E-state index contributed by atoms with van der Waals surface area (Å²) in [4.78, 5) is 15.3. The Morgan fingerprint density at radius 3 is 3.00 bits per heavy atom. The summed E-state index contributed by atoms with van der Waals surface area (Å²) in [5, 5.41) is 1.90. The van der Waals surface area contributed by atoms with Crippen LogP contribution in [0.2, 0.25) is 0 Å². The van der Waals surface area contributed by atoms with Gasteiger partial charge in [0.25, 0.3) is 5.56 Å². The van der Waals surface area contributed by atoms with Gasteiger partial charge in [0.2, 0.25) is 0 Å². The molecule has 0 radical (unpaired) electrons. The third kappa shape index (κ3) is 3.52. The van der Waals surface area contributed by atoms with Crippen LogP contribution in [0.15, 0.2) is 16.2 Å². The Kier molecular flexibility index (Phi) is 4.90. The number of ether oxygens (including phenoxy) is 1. The molecule has 0 saturated heterocycles. The zero-order chi connectivity index (χ0) is 13.8. The van der Waals surface area contributed by atoms with Crippen molar-refractivity contribution in [2.75, 3.05) is 6.61 Å². The lowest BCUT2D eigenvalue weighted by Gasteiger charge is -2.08. The molecule has 6 heteroatoms. The molecule has 2 aromatic heterocycles. The molecule has 0 aliphatic carbocycles. The standard InChI is InChI=1S/C13H18N2O2S2/c1-9(2)17-7-4-3-6-15-12(16)11-10(5-8-19-11)14-13(15)18/h5,8-9H,3-4,6-7H2,1-2H3,(H,14,18). The average molecular weight is 298 g/mol. The van der Waals surface area contributed by atoms with E-state index in [0.717, 1.165) is 29.7 Å². The van der Waals surface area contributed by atoms with E-state index in [2.05, 4.69) is 4.98 Å². The third-order valence-electron chi connectivity index (χ3n) is 2.82. The van der Waals surface area contributed by atoms with Crippen molar-refractivity contribution in [1.82, 2.24) is 9.55 Å². The number of hydrogen-bond acceptors (Lipinski definition) is 4. The van der Waals surface area contributed by atoms with Crippen LogP contribution in [0.1, 0.15) is 26.7 Å². The Morgan fingerprint density at radius 1 is 1.47 bits per heavy atom. The van der Waals surface area contributed by atoms with Gasteiger partial charge in [0, 0.05) is 13.2 Å². The molecule has 2 heterocycles. The first-order valence-corrected chi connectivity index (χ1v) is 7.70. The smallest absolute Gasteiger partial charge is 0.272 e. The second-order valence-corrected chi connectivity index (χ2v) is 5.98. The summed E-state index contributed by atoms with van der Waals surface area (Å²) < 4.78 is 8.36. The zero-order valence-electron chi connectivity index (χ0n) is 11.1. The third-order valence-corrected chi connectivity index (χ3v) is 4.04. The Hall–Kier alpha value is -0.980. The summed E-state index contributed by atoms with van der Waals surface area (Å²) >= 11 is 6.68. The largest absolute Gasteiger partial charge is 0.379 e. The highest BCUT2D eigenvalue weighted by molar-refractivity contribution is 7.71. The number of aromatic nitrogens is 2. The van der Waals surface area contributed by atoms with Gasteiger partial charge in [-0.1, -0.05) is 0 Å². The molecule has 0 atom stereocenters. The quantitative estimate of drug-likeness (QED) is 0.657. The van der Waals surface area contributed by atoms with E-state index in [1.807, 2.05) is 25.3 Å². The van der Waals surface area contributed by atoms with Gasteiger partial charge in [-0.05, 0) is 50.4 Å². The van der Waals surface area contributed by atoms with E-state index in [1.165, 1.54) is 11.3 Å². The van der Waals surface area contributed by atoms with Gasteiger partial charge in [0.05, 0.1) is 11.6 Å². The maximum absolute atomic E-state index is 12.2. The van der Waals surface area contributed by atoms with Gasteiger partial charge < -0.3 is 9.72 Å². The van der Waals surface area contributed by atoms with Crippen LogP contribution in [0.25, 0.3) is 10.2 Å². The number of fused-ring (bicyclic) bond motifs is 1. The summed E-state index contributed by atoms with van der Waals surface area (Å²) in [5.74, 6) is 0. The van der Waals surface area contributed by atoms with Crippen molar-refractivity contribution in [3.8, 4) is 0 Å². The topological polar surface area (TPSA) is 47.0 Å². The van der Waals surface area contributed by atoms with E-state index in [1.54, 1.807) is 4.57 Å². The van der Waals surface area contributed by atoms with E-state index < -0.39 is 0 Å². The van der Waals surface area contributed by atoms with Crippen molar-refractivity contribution in [2.45, 2.75) is 39.3 Å². The van der Waals surface area contributed by atoms with Crippen LogP contribution >= 0.6 is 23.6 Å². The fourth-order valence-corrected chi connectivity index (χ4v) is 2.95. The van der Waals surface area contributed by atoms with Crippen molar-refractivity contribution in [2.24, 2.45) is 0 Å². The molecule has 4 nitrogen and oxygen atoms in total. The molecular formula is C13H18N2O2S2. The SMILES string of the molecule is CC(C)OCCCCn1c(=S)[nH]c2ccsc2c1=O. The fraction of sp³-hybridized carbons (Fsp3) is 0.538. The molecular weight excluding hydrogens is 280 g/mol. The van der Waals surface area contributed by atoms with Crippen LogP contribution in [0.5, 0.6) is 0 Å². The minimum absolute atomic E-state index is 0.0125. The molecule has 0 unspecified atom stereocenters. The molecule has 0 aliphatic rings. The first-order chi connectivity index (χ1) is 9.09. The summed E-state index contributed by atoms with van der Waals surface area (Å²) in [6.45, 7) is 5.41. The van der Waals surface area contributed by atoms with Gasteiger partial charge >= 0.3 is 0 Å². The number of aromatic amines is 1. The molecule has 19 heavy (non-hydrogen) atoms. The second-order valence-electron chi connectivity index (χ2n) is 4.68. The molecule has 2 aromatic rings. The Labute approximate surface area is 121 Å². The number of nitrogens with zero attached hydrogens (tertiary/aromatic N) is 1. The number of hydrogen-bond donors (Lipinski definition) is 1. The highest BCUT2D eigenvalue weighted by Gasteiger charge is 2.06. The first kappa shape index (κ1) is 14.4. The molecule has 0 aromatic carbocycles. The van der Waals surface area contributed by atoms with Gasteiger partial charge in [-0.15, -0.1) is 11.3 Å². The summed E-state index contributed by atoms with van der Waals surface area (Å²) in [7, 11) is 0. The van der Waals surface area contributed by atoms with Crippen LogP contribution in [0.3, 0.4) is 0 Å². The summed E-state index contributed by atoms with van der Waals surface area (Å²) in [5.41, 5.74) is 0.845. The van der Waals surface area contributed by atoms with Gasteiger partial charge in [0.1, 0.15) is 4.70 Å². The fourth-order valence-electron chi connectivity index (χ4n) is 1.86. The maximum atomic E-state index is 12.2. The number of rotatable bonds is 6. The molecule has 0 aliphatic heterocycles. The molecule has 1 N–H and O–H groups in total. The normalized spacial score (nSPS) is 11.5. The minimum Gasteiger partial charge on any atom is -0.379 e. The molecule has 0 fully saturated rings. The van der Waals surface area contributed by atoms with Gasteiger partial charge in [-0.25, -0.2) is 0 Å². The number of unbranched alkanes of at least 4 members (excludes halogenated alkanes) is 1. The first-order valence-electron chi connectivity index (χ1n) is 6.41. The second kappa shape index (κ2) is 6.45. The van der Waals surface area contributed by atoms with Crippen molar-refractivity contribution in [1.29, 1.82) is 0 Å². The van der Waals surface area contributed by atoms with Crippen molar-refractivity contribution >= 4 is 33.8 Å². The monoisotopic (exact) mass is 298 g/mol. The minimum atomic E-state index is 0.0125. The van der Waals surface area contributed by atoms with E-state index in [-0.39, 0.29) is 11.7 Å². The van der Waals surface area contributed by atoms with Gasteiger partial charge in [-0.2, -0.15) is 0 Å². The van der Waals surface area contributed by atoms with Crippen molar-refractivity contribution in [3.05, 3.63) is 26.6 Å². The van der Waals surface area contributed by atoms with Crippen LogP contribution in [-0.4, -0.2) is 22.3 Å². The number of nitrogens with one attached hydrogen (secondary N) is 1. The Balaban J connectivity index is 2.04. The number of H-pyrrole nitrogens is 1. The number of thiophene rings is 1. The Morgan fingerprint density at radius 2 is 2.26 bits per heavy atom. The lowest BCUT2D eigenvalue weighted by Crippen LogP contribution is -2.21. The molecule has 104 valence electrons. The predicted molar refractivity (Wildman–Crippen MR) is 81.6 cm³/mol. The van der Waals surface area contributed by atoms with Gasteiger partial charge in [-0.3, -0.25) is 9.36 Å². The van der Waals surface area contributed by atoms with Crippen molar-refractivity contribution < 1.29 is 4.74 Å². The predicted octanol–water partition coefficient (Wildman–Crippen LogP) is 3.33. The molecule has 0 spiro atoms. The van der Waals surface area contributed by atoms with Gasteiger partial charge in [0.15, 0.2) is 4.77 Å². The molecule has 0 saturated carbocycles. The van der Waals surface area contributed by atoms with Crippen molar-refractivity contribution in [3.63, 3.8) is 0 Å². The average Bonchev–Trinajstić information content (AvgIpc) is 2.80. The summed E-state index contributed by atoms with van der Waals surface area (Å²) in [6.07, 6.45) is 2.08. The highest BCUT2D eigenvalue weighted by Crippen LogP contribution is 2.14. The summed E-state index contributed by atoms with van der Waals surface area (Å²) in [6, 6.07) is 1.89. The van der Waals surface area contributed by atoms with E-state index >= 15 is 0 Å².